The summed E-state index contributed by atoms with van der Waals surface area (Å²) in [5.41, 5.74) is 0.631. The fourth-order valence-electron chi connectivity index (χ4n) is 2.64. The average Bonchev–Trinajstić information content (AvgIpc) is 3.07. The largest absolute Gasteiger partial charge is 0.493 e. The van der Waals surface area contributed by atoms with E-state index in [0.29, 0.717) is 28.1 Å². The van der Waals surface area contributed by atoms with Crippen LogP contribution in [0.3, 0.4) is 0 Å². The van der Waals surface area contributed by atoms with Gasteiger partial charge in [0.1, 0.15) is 5.02 Å². The lowest BCUT2D eigenvalue weighted by Crippen LogP contribution is -2.06. The Kier molecular flexibility index (Phi) is 6.73. The molecular weight excluding hydrogens is 480 g/mol. The van der Waals surface area contributed by atoms with Crippen LogP contribution in [0.2, 0.25) is 5.02 Å². The Morgan fingerprint density at radius 1 is 1.33 bits per heavy atom. The Morgan fingerprint density at radius 2 is 2.10 bits per heavy atom. The first-order valence-electron chi connectivity index (χ1n) is 8.81. The second-order valence-corrected chi connectivity index (χ2v) is 7.40. The maximum Gasteiger partial charge on any atom is 0.363 e. The molecule has 1 aliphatic heterocycles. The number of carbonyl (C=O) groups is 1. The van der Waals surface area contributed by atoms with E-state index in [0.717, 1.165) is 6.42 Å². The lowest BCUT2D eigenvalue weighted by molar-refractivity contribution is -0.384. The predicted molar refractivity (Wildman–Crippen MR) is 115 cm³/mol. The van der Waals surface area contributed by atoms with Crippen LogP contribution >= 0.6 is 27.5 Å². The highest BCUT2D eigenvalue weighted by atomic mass is 79.9. The summed E-state index contributed by atoms with van der Waals surface area (Å²) in [6.45, 7) is 2.53. The molecule has 0 spiro atoms. The molecule has 1 aliphatic rings. The van der Waals surface area contributed by atoms with E-state index in [9.17, 15) is 14.9 Å². The monoisotopic (exact) mass is 494 g/mol. The third kappa shape index (κ3) is 4.63. The van der Waals surface area contributed by atoms with Crippen LogP contribution in [-0.2, 0) is 9.53 Å². The van der Waals surface area contributed by atoms with Gasteiger partial charge in [0.15, 0.2) is 17.2 Å². The maximum atomic E-state index is 12.3. The molecule has 0 radical (unpaired) electrons. The van der Waals surface area contributed by atoms with Crippen molar-refractivity contribution < 1.29 is 23.9 Å². The Labute approximate surface area is 185 Å². The van der Waals surface area contributed by atoms with E-state index in [4.69, 9.17) is 25.8 Å². The highest BCUT2D eigenvalue weighted by Gasteiger charge is 2.26. The van der Waals surface area contributed by atoms with E-state index in [1.54, 1.807) is 12.1 Å². The molecule has 0 aliphatic carbocycles. The number of aliphatic imine (C=N–C) groups is 1. The van der Waals surface area contributed by atoms with Gasteiger partial charge in [0, 0.05) is 11.6 Å². The molecule has 10 heteroatoms. The Hall–Kier alpha value is -2.91. The van der Waals surface area contributed by atoms with Gasteiger partial charge in [-0.3, -0.25) is 10.1 Å². The predicted octanol–water partition coefficient (Wildman–Crippen LogP) is 5.15. The number of cyclic esters (lactones) is 1. The van der Waals surface area contributed by atoms with Gasteiger partial charge in [-0.2, -0.15) is 0 Å². The number of rotatable bonds is 7. The Morgan fingerprint density at radius 3 is 2.77 bits per heavy atom. The number of benzene rings is 2. The van der Waals surface area contributed by atoms with Gasteiger partial charge in [0.2, 0.25) is 5.90 Å². The average molecular weight is 496 g/mol. The topological polar surface area (TPSA) is 100 Å². The second-order valence-electron chi connectivity index (χ2n) is 6.14. The van der Waals surface area contributed by atoms with Gasteiger partial charge in [0.25, 0.3) is 5.69 Å². The maximum absolute atomic E-state index is 12.3. The van der Waals surface area contributed by atoms with E-state index in [2.05, 4.69) is 20.9 Å². The number of methoxy groups -OCH3 is 1. The van der Waals surface area contributed by atoms with E-state index in [-0.39, 0.29) is 27.9 Å². The second kappa shape index (κ2) is 9.27. The molecule has 1 heterocycles. The quantitative estimate of drug-likeness (QED) is 0.228. The Bertz CT molecular complexity index is 1080. The first-order valence-corrected chi connectivity index (χ1v) is 9.98. The number of nitrogens with zero attached hydrogens (tertiary/aromatic N) is 2. The normalized spacial score (nSPS) is 14.5. The molecule has 0 saturated carbocycles. The molecule has 0 amide bonds. The number of nitro groups is 1. The lowest BCUT2D eigenvalue weighted by Gasteiger charge is -2.13. The van der Waals surface area contributed by atoms with Gasteiger partial charge >= 0.3 is 5.97 Å². The number of hydrogen-bond donors (Lipinski definition) is 0. The molecule has 0 bridgehead atoms. The number of ether oxygens (including phenoxy) is 3. The molecule has 0 fully saturated rings. The summed E-state index contributed by atoms with van der Waals surface area (Å²) in [4.78, 5) is 26.9. The first kappa shape index (κ1) is 21.8. The molecule has 0 unspecified atom stereocenters. The van der Waals surface area contributed by atoms with Crippen LogP contribution in [0.4, 0.5) is 5.69 Å². The zero-order valence-corrected chi connectivity index (χ0v) is 18.3. The minimum atomic E-state index is -0.677. The van der Waals surface area contributed by atoms with Gasteiger partial charge in [-0.1, -0.05) is 18.5 Å². The fourth-order valence-corrected chi connectivity index (χ4v) is 3.40. The van der Waals surface area contributed by atoms with Crippen LogP contribution < -0.4 is 9.47 Å². The molecule has 0 N–H and O–H groups in total. The lowest BCUT2D eigenvalue weighted by atomic mass is 10.1. The minimum Gasteiger partial charge on any atom is -0.493 e. The number of carbonyl (C=O) groups excluding carboxylic acids is 1. The van der Waals surface area contributed by atoms with Crippen LogP contribution in [0.25, 0.3) is 6.08 Å². The fraction of sp³-hybridized carbons (Fsp3) is 0.200. The van der Waals surface area contributed by atoms with E-state index >= 15 is 0 Å². The molecule has 2 aromatic rings. The molecule has 0 aromatic heterocycles. The van der Waals surface area contributed by atoms with E-state index in [1.807, 2.05) is 6.92 Å². The molecule has 0 atom stereocenters. The number of esters is 1. The van der Waals surface area contributed by atoms with Crippen molar-refractivity contribution in [1.82, 2.24) is 0 Å². The van der Waals surface area contributed by atoms with Crippen LogP contribution in [0, 0.1) is 10.1 Å². The first-order chi connectivity index (χ1) is 14.3. The van der Waals surface area contributed by atoms with Crippen molar-refractivity contribution in [3.8, 4) is 11.5 Å². The summed E-state index contributed by atoms with van der Waals surface area (Å²) in [5, 5.41) is 11.1. The van der Waals surface area contributed by atoms with Crippen LogP contribution in [-0.4, -0.2) is 30.5 Å². The van der Waals surface area contributed by atoms with Crippen LogP contribution in [0.5, 0.6) is 11.5 Å². The summed E-state index contributed by atoms with van der Waals surface area (Å²) in [6.07, 6.45) is 2.37. The van der Waals surface area contributed by atoms with E-state index in [1.165, 1.54) is 31.4 Å². The zero-order valence-electron chi connectivity index (χ0n) is 16.0. The summed E-state index contributed by atoms with van der Waals surface area (Å²) in [5.74, 6) is 0.339. The van der Waals surface area contributed by atoms with Crippen LogP contribution in [0.1, 0.15) is 24.5 Å². The summed E-state index contributed by atoms with van der Waals surface area (Å²) >= 11 is 9.27. The van der Waals surface area contributed by atoms with Gasteiger partial charge in [-0.05, 0) is 58.3 Å². The third-order valence-corrected chi connectivity index (χ3v) is 4.92. The standard InChI is InChI=1S/C20H16BrClN2O6/c1-3-6-29-18-13(21)7-11(9-17(18)28-2)8-15-20(25)30-19(23-15)12-4-5-14(22)16(10-12)24(26)27/h4-5,7-10H,3,6H2,1-2H3/b15-8-. The van der Waals surface area contributed by atoms with Crippen molar-refractivity contribution in [2.75, 3.05) is 13.7 Å². The molecule has 0 saturated heterocycles. The molecular formula is C20H16BrClN2O6. The molecule has 30 heavy (non-hydrogen) atoms. The van der Waals surface area contributed by atoms with Gasteiger partial charge in [-0.25, -0.2) is 9.79 Å². The van der Waals surface area contributed by atoms with Crippen molar-refractivity contribution in [2.24, 2.45) is 4.99 Å². The highest BCUT2D eigenvalue weighted by molar-refractivity contribution is 9.10. The van der Waals surface area contributed by atoms with Crippen molar-refractivity contribution >= 4 is 51.2 Å². The zero-order chi connectivity index (χ0) is 21.8. The third-order valence-electron chi connectivity index (χ3n) is 4.02. The van der Waals surface area contributed by atoms with Crippen molar-refractivity contribution in [1.29, 1.82) is 0 Å². The Balaban J connectivity index is 1.96. The van der Waals surface area contributed by atoms with Crippen LogP contribution in [0.15, 0.2) is 45.5 Å². The molecule has 3 rings (SSSR count). The SMILES string of the molecule is CCCOc1c(Br)cc(/C=C2\N=C(c3ccc(Cl)c([N+](=O)[O-])c3)OC2=O)cc1OC. The molecule has 156 valence electrons. The van der Waals surface area contributed by atoms with Gasteiger partial charge in [0.05, 0.1) is 23.1 Å². The van der Waals surface area contributed by atoms with Gasteiger partial charge in [-0.15, -0.1) is 0 Å². The minimum absolute atomic E-state index is 0.0215. The molecule has 8 nitrogen and oxygen atoms in total. The van der Waals surface area contributed by atoms with Gasteiger partial charge < -0.3 is 14.2 Å². The number of nitro benzene ring substituents is 1. The van der Waals surface area contributed by atoms with E-state index < -0.39 is 10.9 Å². The van der Waals surface area contributed by atoms with Crippen molar-refractivity contribution in [3.63, 3.8) is 0 Å². The number of halogens is 2. The molecule has 2 aromatic carbocycles. The highest BCUT2D eigenvalue weighted by Crippen LogP contribution is 2.37. The van der Waals surface area contributed by atoms with Crippen molar-refractivity contribution in [2.45, 2.75) is 13.3 Å². The summed E-state index contributed by atoms with van der Waals surface area (Å²) in [6, 6.07) is 7.51. The number of hydrogen-bond acceptors (Lipinski definition) is 7. The summed E-state index contributed by atoms with van der Waals surface area (Å²) < 4.78 is 16.9. The smallest absolute Gasteiger partial charge is 0.363 e. The summed E-state index contributed by atoms with van der Waals surface area (Å²) in [7, 11) is 1.52. The van der Waals surface area contributed by atoms with Crippen molar-refractivity contribution in [3.05, 3.63) is 66.8 Å².